The molecule has 30 heavy (non-hydrogen) atoms. The maximum absolute atomic E-state index is 13.3. The smallest absolute Gasteiger partial charge is 0.173 e. The van der Waals surface area contributed by atoms with Crippen molar-refractivity contribution in [2.45, 2.75) is 17.5 Å². The molecular formula is C23H20ClFN4S. The van der Waals surface area contributed by atoms with E-state index < -0.39 is 0 Å². The van der Waals surface area contributed by atoms with Crippen LogP contribution in [0.1, 0.15) is 11.4 Å². The quantitative estimate of drug-likeness (QED) is 0.332. The Morgan fingerprint density at radius 1 is 1.00 bits per heavy atom. The van der Waals surface area contributed by atoms with Crippen LogP contribution in [0.3, 0.4) is 0 Å². The van der Waals surface area contributed by atoms with Crippen molar-refractivity contribution in [3.63, 3.8) is 0 Å². The Bertz CT molecular complexity index is 1100. The van der Waals surface area contributed by atoms with Crippen LogP contribution < -0.4 is 4.90 Å². The van der Waals surface area contributed by atoms with Crippen LogP contribution in [-0.4, -0.2) is 21.6 Å². The first kappa shape index (κ1) is 20.4. The van der Waals surface area contributed by atoms with Gasteiger partial charge in [-0.15, -0.1) is 0 Å². The molecule has 2 heterocycles. The highest BCUT2D eigenvalue weighted by Gasteiger charge is 2.15. The number of pyridine rings is 1. The summed E-state index contributed by atoms with van der Waals surface area (Å²) in [5.41, 5.74) is 3.94. The lowest BCUT2D eigenvalue weighted by Crippen LogP contribution is -2.18. The number of hydrogen-bond donors (Lipinski definition) is 0. The van der Waals surface area contributed by atoms with Crippen molar-refractivity contribution >= 4 is 29.1 Å². The van der Waals surface area contributed by atoms with Gasteiger partial charge in [0.1, 0.15) is 5.82 Å². The van der Waals surface area contributed by atoms with E-state index in [4.69, 9.17) is 11.6 Å². The molecule has 0 N–H and O–H groups in total. The molecule has 4 nitrogen and oxygen atoms in total. The van der Waals surface area contributed by atoms with E-state index in [2.05, 4.69) is 19.4 Å². The summed E-state index contributed by atoms with van der Waals surface area (Å²) in [6, 6.07) is 20.1. The number of rotatable bonds is 7. The summed E-state index contributed by atoms with van der Waals surface area (Å²) in [6.07, 6.45) is 3.68. The highest BCUT2D eigenvalue weighted by atomic mass is 35.5. The lowest BCUT2D eigenvalue weighted by molar-refractivity contribution is 0.627. The van der Waals surface area contributed by atoms with Crippen molar-refractivity contribution in [3.05, 3.63) is 101 Å². The number of anilines is 1. The summed E-state index contributed by atoms with van der Waals surface area (Å²) < 4.78 is 15.4. The van der Waals surface area contributed by atoms with E-state index in [0.717, 1.165) is 33.7 Å². The Labute approximate surface area is 184 Å². The van der Waals surface area contributed by atoms with E-state index in [9.17, 15) is 4.39 Å². The maximum Gasteiger partial charge on any atom is 0.173 e. The van der Waals surface area contributed by atoms with Crippen LogP contribution in [0.15, 0.2) is 84.3 Å². The predicted octanol–water partition coefficient (Wildman–Crippen LogP) is 5.99. The van der Waals surface area contributed by atoms with Gasteiger partial charge in [0, 0.05) is 35.4 Å². The molecule has 0 amide bonds. The third-order valence-corrected chi connectivity index (χ3v) is 5.87. The Kier molecular flexibility index (Phi) is 6.35. The van der Waals surface area contributed by atoms with Crippen LogP contribution in [0.2, 0.25) is 5.02 Å². The Hall–Kier alpha value is -2.83. The van der Waals surface area contributed by atoms with Gasteiger partial charge in [-0.1, -0.05) is 29.4 Å². The summed E-state index contributed by atoms with van der Waals surface area (Å²) in [6.45, 7) is 0.616. The van der Waals surface area contributed by atoms with Gasteiger partial charge in [-0.2, -0.15) is 0 Å². The SMILES string of the molecule is CN(Cc1cnc(SCc2ccccn2)n1-c1ccc(Cl)cc1)c1ccc(F)cc1. The Morgan fingerprint density at radius 2 is 1.77 bits per heavy atom. The highest BCUT2D eigenvalue weighted by Crippen LogP contribution is 2.28. The van der Waals surface area contributed by atoms with E-state index in [-0.39, 0.29) is 5.82 Å². The molecule has 0 aliphatic carbocycles. The Balaban J connectivity index is 1.63. The molecule has 2 aromatic carbocycles. The molecule has 0 radical (unpaired) electrons. The number of aromatic nitrogens is 3. The van der Waals surface area contributed by atoms with Gasteiger partial charge in [0.25, 0.3) is 0 Å². The zero-order chi connectivity index (χ0) is 20.9. The van der Waals surface area contributed by atoms with Gasteiger partial charge < -0.3 is 4.90 Å². The van der Waals surface area contributed by atoms with Crippen molar-refractivity contribution in [2.75, 3.05) is 11.9 Å². The van der Waals surface area contributed by atoms with Crippen LogP contribution in [0.25, 0.3) is 5.69 Å². The number of halogens is 2. The molecular weight excluding hydrogens is 419 g/mol. The first-order valence-electron chi connectivity index (χ1n) is 9.42. The largest absolute Gasteiger partial charge is 0.369 e. The van der Waals surface area contributed by atoms with Crippen LogP contribution in [-0.2, 0) is 12.3 Å². The molecule has 0 bridgehead atoms. The second-order valence-electron chi connectivity index (χ2n) is 6.79. The molecule has 0 fully saturated rings. The van der Waals surface area contributed by atoms with Crippen molar-refractivity contribution in [3.8, 4) is 5.69 Å². The van der Waals surface area contributed by atoms with Crippen LogP contribution in [0.5, 0.6) is 0 Å². The monoisotopic (exact) mass is 438 g/mol. The second kappa shape index (κ2) is 9.32. The maximum atomic E-state index is 13.3. The first-order chi connectivity index (χ1) is 14.6. The van der Waals surface area contributed by atoms with E-state index in [0.29, 0.717) is 11.6 Å². The molecule has 152 valence electrons. The van der Waals surface area contributed by atoms with Crippen molar-refractivity contribution in [1.82, 2.24) is 14.5 Å². The molecule has 2 aromatic heterocycles. The van der Waals surface area contributed by atoms with Crippen LogP contribution in [0, 0.1) is 5.82 Å². The second-order valence-corrected chi connectivity index (χ2v) is 8.17. The van der Waals surface area contributed by atoms with Gasteiger partial charge in [0.2, 0.25) is 0 Å². The summed E-state index contributed by atoms with van der Waals surface area (Å²) >= 11 is 7.73. The molecule has 7 heteroatoms. The third kappa shape index (κ3) is 4.83. The first-order valence-corrected chi connectivity index (χ1v) is 10.8. The highest BCUT2D eigenvalue weighted by molar-refractivity contribution is 7.98. The van der Waals surface area contributed by atoms with Crippen molar-refractivity contribution < 1.29 is 4.39 Å². The number of nitrogens with zero attached hydrogens (tertiary/aromatic N) is 4. The van der Waals surface area contributed by atoms with Crippen LogP contribution in [0.4, 0.5) is 10.1 Å². The van der Waals surface area contributed by atoms with E-state index in [1.807, 2.05) is 55.7 Å². The van der Waals surface area contributed by atoms with Gasteiger partial charge in [-0.05, 0) is 60.7 Å². The lowest BCUT2D eigenvalue weighted by Gasteiger charge is -2.21. The number of thioether (sulfide) groups is 1. The number of imidazole rings is 1. The molecule has 4 aromatic rings. The summed E-state index contributed by atoms with van der Waals surface area (Å²) in [7, 11) is 1.98. The van der Waals surface area contributed by atoms with Gasteiger partial charge >= 0.3 is 0 Å². The number of benzene rings is 2. The fourth-order valence-electron chi connectivity index (χ4n) is 3.10. The predicted molar refractivity (Wildman–Crippen MR) is 121 cm³/mol. The molecule has 0 saturated carbocycles. The normalized spacial score (nSPS) is 10.9. The Morgan fingerprint density at radius 3 is 2.47 bits per heavy atom. The average Bonchev–Trinajstić information content (AvgIpc) is 3.16. The van der Waals surface area contributed by atoms with Gasteiger partial charge in [0.15, 0.2) is 5.16 Å². The van der Waals surface area contributed by atoms with Gasteiger partial charge in [-0.25, -0.2) is 9.37 Å². The molecule has 0 unspecified atom stereocenters. The topological polar surface area (TPSA) is 34.0 Å². The lowest BCUT2D eigenvalue weighted by atomic mass is 10.2. The van der Waals surface area contributed by atoms with Crippen LogP contribution >= 0.6 is 23.4 Å². The van der Waals surface area contributed by atoms with Crippen molar-refractivity contribution in [1.29, 1.82) is 0 Å². The molecule has 0 spiro atoms. The van der Waals surface area contributed by atoms with E-state index in [1.165, 1.54) is 12.1 Å². The average molecular weight is 439 g/mol. The molecule has 4 rings (SSSR count). The molecule has 0 atom stereocenters. The fourth-order valence-corrected chi connectivity index (χ4v) is 4.15. The number of hydrogen-bond acceptors (Lipinski definition) is 4. The van der Waals surface area contributed by atoms with Gasteiger partial charge in [-0.3, -0.25) is 9.55 Å². The van der Waals surface area contributed by atoms with Gasteiger partial charge in [0.05, 0.1) is 24.1 Å². The van der Waals surface area contributed by atoms with E-state index in [1.54, 1.807) is 30.1 Å². The summed E-state index contributed by atoms with van der Waals surface area (Å²) in [5, 5.41) is 1.57. The summed E-state index contributed by atoms with van der Waals surface area (Å²) in [4.78, 5) is 11.1. The zero-order valence-corrected chi connectivity index (χ0v) is 17.9. The fraction of sp³-hybridized carbons (Fsp3) is 0.130. The zero-order valence-electron chi connectivity index (χ0n) is 16.4. The minimum absolute atomic E-state index is 0.244. The van der Waals surface area contributed by atoms with Crippen molar-refractivity contribution in [2.24, 2.45) is 0 Å². The standard InChI is InChI=1S/C23H20ClFN4S/c1-28(20-11-7-18(25)8-12-20)15-22-14-27-23(30-16-19-4-2-3-13-26-19)29(22)21-9-5-17(24)6-10-21/h2-14H,15-16H2,1H3. The molecule has 0 aliphatic rings. The molecule has 0 saturated heterocycles. The molecule has 0 aliphatic heterocycles. The minimum Gasteiger partial charge on any atom is -0.369 e. The third-order valence-electron chi connectivity index (χ3n) is 4.63. The minimum atomic E-state index is -0.244. The summed E-state index contributed by atoms with van der Waals surface area (Å²) in [5.74, 6) is 0.477. The van der Waals surface area contributed by atoms with E-state index >= 15 is 0 Å².